The molecule has 1 aromatic carbocycles. The maximum atomic E-state index is 12.5. The first-order valence-electron chi connectivity index (χ1n) is 10.3. The van der Waals surface area contributed by atoms with Gasteiger partial charge in [0.15, 0.2) is 18.2 Å². The molecule has 0 atom stereocenters. The van der Waals surface area contributed by atoms with Gasteiger partial charge in [0.1, 0.15) is 11.6 Å². The molecule has 8 nitrogen and oxygen atoms in total. The summed E-state index contributed by atoms with van der Waals surface area (Å²) in [6.07, 6.45) is 1.80. The molecule has 1 saturated heterocycles. The van der Waals surface area contributed by atoms with Crippen molar-refractivity contribution in [2.45, 2.75) is 13.8 Å². The van der Waals surface area contributed by atoms with E-state index in [2.05, 4.69) is 25.4 Å². The Labute approximate surface area is 181 Å². The Balaban J connectivity index is 1.26. The van der Waals surface area contributed by atoms with E-state index in [9.17, 15) is 4.79 Å². The van der Waals surface area contributed by atoms with Crippen LogP contribution in [0.25, 0.3) is 0 Å². The van der Waals surface area contributed by atoms with E-state index in [-0.39, 0.29) is 12.5 Å². The Hall–Kier alpha value is -3.68. The van der Waals surface area contributed by atoms with Crippen LogP contribution in [0.3, 0.4) is 0 Å². The van der Waals surface area contributed by atoms with Crippen molar-refractivity contribution >= 4 is 23.4 Å². The van der Waals surface area contributed by atoms with E-state index in [0.29, 0.717) is 32.0 Å². The zero-order valence-electron chi connectivity index (χ0n) is 17.8. The number of benzene rings is 1. The molecule has 2 aromatic heterocycles. The Morgan fingerprint density at radius 1 is 0.968 bits per heavy atom. The van der Waals surface area contributed by atoms with Gasteiger partial charge in [-0.3, -0.25) is 4.79 Å². The molecule has 3 aromatic rings. The van der Waals surface area contributed by atoms with Crippen molar-refractivity contribution in [1.29, 1.82) is 0 Å². The van der Waals surface area contributed by atoms with E-state index in [1.807, 2.05) is 67.3 Å². The first-order valence-corrected chi connectivity index (χ1v) is 10.3. The van der Waals surface area contributed by atoms with Gasteiger partial charge in [0, 0.05) is 32.4 Å². The number of hydrogen-bond donors (Lipinski definition) is 1. The zero-order valence-corrected chi connectivity index (χ0v) is 17.8. The van der Waals surface area contributed by atoms with Crippen LogP contribution in [0.2, 0.25) is 0 Å². The number of para-hydroxylation sites is 1. The quantitative estimate of drug-likeness (QED) is 0.659. The van der Waals surface area contributed by atoms with Gasteiger partial charge in [-0.05, 0) is 49.2 Å². The Kier molecular flexibility index (Phi) is 6.26. The van der Waals surface area contributed by atoms with Gasteiger partial charge in [-0.1, -0.05) is 24.3 Å². The number of carbonyl (C=O) groups excluding carboxylic acids is 1. The molecule has 3 heterocycles. The molecule has 4 rings (SSSR count). The molecule has 1 aliphatic heterocycles. The van der Waals surface area contributed by atoms with Crippen LogP contribution >= 0.6 is 0 Å². The van der Waals surface area contributed by atoms with Crippen LogP contribution in [0.1, 0.15) is 11.1 Å². The van der Waals surface area contributed by atoms with Crippen LogP contribution in [0.5, 0.6) is 5.75 Å². The van der Waals surface area contributed by atoms with Gasteiger partial charge in [0.2, 0.25) is 0 Å². The van der Waals surface area contributed by atoms with Gasteiger partial charge >= 0.3 is 0 Å². The minimum atomic E-state index is -0.000803. The Bertz CT molecular complexity index is 1010. The lowest BCUT2D eigenvalue weighted by atomic mass is 10.2. The van der Waals surface area contributed by atoms with E-state index in [4.69, 9.17) is 4.74 Å². The molecule has 0 unspecified atom stereocenters. The van der Waals surface area contributed by atoms with Gasteiger partial charge in [-0.25, -0.2) is 4.98 Å². The largest absolute Gasteiger partial charge is 0.484 e. The minimum absolute atomic E-state index is 0.000803. The first-order chi connectivity index (χ1) is 15.1. The molecule has 1 amide bonds. The lowest BCUT2D eigenvalue weighted by Crippen LogP contribution is -2.50. The van der Waals surface area contributed by atoms with Crippen LogP contribution in [-0.2, 0) is 4.79 Å². The fourth-order valence-corrected chi connectivity index (χ4v) is 3.37. The van der Waals surface area contributed by atoms with Gasteiger partial charge in [-0.2, -0.15) is 0 Å². The van der Waals surface area contributed by atoms with E-state index in [1.165, 1.54) is 0 Å². The number of anilines is 3. The summed E-state index contributed by atoms with van der Waals surface area (Å²) >= 11 is 0. The van der Waals surface area contributed by atoms with Crippen LogP contribution in [0.4, 0.5) is 17.5 Å². The van der Waals surface area contributed by atoms with Gasteiger partial charge in [0.25, 0.3) is 5.91 Å². The summed E-state index contributed by atoms with van der Waals surface area (Å²) in [5, 5.41) is 11.7. The Morgan fingerprint density at radius 3 is 2.42 bits per heavy atom. The SMILES string of the molecule is Cc1ccc(Nc2ccc(N3CCN(C(=O)COc4ccccc4C)CC3)nn2)nc1. The van der Waals surface area contributed by atoms with E-state index in [1.54, 1.807) is 6.20 Å². The van der Waals surface area contributed by atoms with Gasteiger partial charge in [0.05, 0.1) is 0 Å². The van der Waals surface area contributed by atoms with Gasteiger partial charge in [-0.15, -0.1) is 10.2 Å². The second kappa shape index (κ2) is 9.42. The highest BCUT2D eigenvalue weighted by molar-refractivity contribution is 5.78. The third-order valence-electron chi connectivity index (χ3n) is 5.22. The zero-order chi connectivity index (χ0) is 21.6. The van der Waals surface area contributed by atoms with Crippen LogP contribution in [0, 0.1) is 13.8 Å². The highest BCUT2D eigenvalue weighted by Crippen LogP contribution is 2.18. The number of pyridine rings is 1. The number of aromatic nitrogens is 3. The molecule has 1 N–H and O–H groups in total. The van der Waals surface area contributed by atoms with Crippen molar-refractivity contribution in [2.24, 2.45) is 0 Å². The number of piperazine rings is 1. The lowest BCUT2D eigenvalue weighted by Gasteiger charge is -2.35. The molecule has 1 aliphatic rings. The second-order valence-corrected chi connectivity index (χ2v) is 7.54. The number of carbonyl (C=O) groups is 1. The number of rotatable bonds is 6. The smallest absolute Gasteiger partial charge is 0.260 e. The van der Waals surface area contributed by atoms with E-state index >= 15 is 0 Å². The van der Waals surface area contributed by atoms with Crippen molar-refractivity contribution in [1.82, 2.24) is 20.1 Å². The average molecular weight is 419 g/mol. The third kappa shape index (κ3) is 5.28. The molecule has 8 heteroatoms. The average Bonchev–Trinajstić information content (AvgIpc) is 2.80. The summed E-state index contributed by atoms with van der Waals surface area (Å²) in [5.41, 5.74) is 2.13. The summed E-state index contributed by atoms with van der Waals surface area (Å²) in [7, 11) is 0. The van der Waals surface area contributed by atoms with E-state index in [0.717, 1.165) is 28.5 Å². The molecular formula is C23H26N6O2. The molecule has 0 aliphatic carbocycles. The maximum absolute atomic E-state index is 12.5. The summed E-state index contributed by atoms with van der Waals surface area (Å²) in [5.74, 6) is 2.92. The lowest BCUT2D eigenvalue weighted by molar-refractivity contribution is -0.133. The maximum Gasteiger partial charge on any atom is 0.260 e. The molecule has 0 radical (unpaired) electrons. The van der Waals surface area contributed by atoms with Crippen LogP contribution in [0.15, 0.2) is 54.7 Å². The number of amides is 1. The molecule has 0 bridgehead atoms. The monoisotopic (exact) mass is 418 g/mol. The van der Waals surface area contributed by atoms with Crippen molar-refractivity contribution in [2.75, 3.05) is 43.0 Å². The fourth-order valence-electron chi connectivity index (χ4n) is 3.37. The number of hydrogen-bond acceptors (Lipinski definition) is 7. The minimum Gasteiger partial charge on any atom is -0.484 e. The highest BCUT2D eigenvalue weighted by Gasteiger charge is 2.22. The predicted octanol–water partition coefficient (Wildman–Crippen LogP) is 2.96. The number of ether oxygens (including phenoxy) is 1. The number of nitrogens with one attached hydrogen (secondary N) is 1. The van der Waals surface area contributed by atoms with Gasteiger partial charge < -0.3 is 19.9 Å². The standard InChI is InChI=1S/C23H26N6O2/c1-17-7-8-20(24-15-17)25-21-9-10-22(27-26-21)28-11-13-29(14-12-28)23(30)16-31-19-6-4-3-5-18(19)2/h3-10,15H,11-14,16H2,1-2H3,(H,24,25,26). The third-order valence-corrected chi connectivity index (χ3v) is 5.22. The molecule has 160 valence electrons. The summed E-state index contributed by atoms with van der Waals surface area (Å²) in [6, 6.07) is 15.4. The highest BCUT2D eigenvalue weighted by atomic mass is 16.5. The summed E-state index contributed by atoms with van der Waals surface area (Å²) in [4.78, 5) is 20.8. The normalized spacial score (nSPS) is 13.7. The fraction of sp³-hybridized carbons (Fsp3) is 0.304. The predicted molar refractivity (Wildman–Crippen MR) is 120 cm³/mol. The van der Waals surface area contributed by atoms with Crippen molar-refractivity contribution in [3.63, 3.8) is 0 Å². The molecule has 1 fully saturated rings. The molecule has 0 spiro atoms. The number of aryl methyl sites for hydroxylation is 2. The summed E-state index contributed by atoms with van der Waals surface area (Å²) < 4.78 is 5.69. The Morgan fingerprint density at radius 2 is 1.74 bits per heavy atom. The molecule has 31 heavy (non-hydrogen) atoms. The van der Waals surface area contributed by atoms with Crippen molar-refractivity contribution < 1.29 is 9.53 Å². The molecular weight excluding hydrogens is 392 g/mol. The van der Waals surface area contributed by atoms with Crippen LogP contribution < -0.4 is 15.0 Å². The second-order valence-electron chi connectivity index (χ2n) is 7.54. The van der Waals surface area contributed by atoms with Crippen molar-refractivity contribution in [3.8, 4) is 5.75 Å². The molecule has 0 saturated carbocycles. The topological polar surface area (TPSA) is 83.5 Å². The number of nitrogens with zero attached hydrogens (tertiary/aromatic N) is 5. The van der Waals surface area contributed by atoms with Crippen LogP contribution in [-0.4, -0.2) is 58.8 Å². The summed E-state index contributed by atoms with van der Waals surface area (Å²) in [6.45, 7) is 6.69. The first kappa shape index (κ1) is 20.6. The van der Waals surface area contributed by atoms with E-state index < -0.39 is 0 Å². The van der Waals surface area contributed by atoms with Crippen molar-refractivity contribution in [3.05, 3.63) is 65.9 Å².